The molecule has 2 fully saturated rings. The van der Waals surface area contributed by atoms with Gasteiger partial charge in [-0.15, -0.1) is 12.4 Å². The van der Waals surface area contributed by atoms with Gasteiger partial charge in [0.1, 0.15) is 0 Å². The molecule has 0 radical (unpaired) electrons. The summed E-state index contributed by atoms with van der Waals surface area (Å²) < 4.78 is 79.1. The standard InChI is InChI=1S/C23H28F3N3.C19H18F3NO.ClH/c1-29(2)11-10-27-17-13-18-19-12-16(23(24,25)26)8-9-21(19)28-22(20(18)14-17)15-6-4-3-5-7-15;20-19(21,22)12-6-7-17-15(8-12)14-9-13(24)10-16(14)18(23-17)11-4-2-1-3-5-11;/h3-9,12,17-18,20,22,27-28H,10-11,13-14H2,1-2H3;1-8,13-14,16,18,23-24H,9-10H2;1H/t17-,18+,20+,22-;13-,14-,16-,18+;/m01./s1. The minimum Gasteiger partial charge on any atom is -0.393 e. The average molecular weight is 773 g/mol. The van der Waals surface area contributed by atoms with E-state index in [1.54, 1.807) is 6.07 Å². The molecule has 0 spiro atoms. The van der Waals surface area contributed by atoms with Gasteiger partial charge in [-0.3, -0.25) is 0 Å². The number of anilines is 2. The number of aliphatic hydroxyl groups excluding tert-OH is 1. The quantitative estimate of drug-likeness (QED) is 0.147. The Balaban J connectivity index is 0.000000184. The summed E-state index contributed by atoms with van der Waals surface area (Å²) in [6.45, 7) is 1.83. The van der Waals surface area contributed by atoms with Gasteiger partial charge in [-0.1, -0.05) is 60.7 Å². The first kappa shape index (κ1) is 39.9. The lowest BCUT2D eigenvalue weighted by molar-refractivity contribution is -0.138. The molecule has 4 aromatic rings. The zero-order chi connectivity index (χ0) is 37.5. The molecule has 0 unspecified atom stereocenters. The number of hydrogen-bond acceptors (Lipinski definition) is 5. The van der Waals surface area contributed by atoms with Crippen LogP contribution in [0.3, 0.4) is 0 Å². The van der Waals surface area contributed by atoms with E-state index in [2.05, 4.69) is 33.0 Å². The normalized spacial score (nSPS) is 26.9. The lowest BCUT2D eigenvalue weighted by Gasteiger charge is -2.38. The SMILES string of the molecule is CN(C)CCN[C@@H]1C[C@@H]2[C@H](C1)c1cc(C(F)(F)F)ccc1N[C@H]2c1ccccc1.Cl.O[C@H]1C[C@@H]2[C@H](C1)c1cc(C(F)(F)F)ccc1N[C@H]2c1ccccc1. The van der Waals surface area contributed by atoms with E-state index in [4.69, 9.17) is 0 Å². The first-order valence-corrected chi connectivity index (χ1v) is 18.4. The van der Waals surface area contributed by atoms with Crippen molar-refractivity contribution in [3.63, 3.8) is 0 Å². The molecule has 2 heterocycles. The average Bonchev–Trinajstić information content (AvgIpc) is 3.74. The molecule has 2 aliphatic carbocycles. The molecule has 0 aromatic heterocycles. The highest BCUT2D eigenvalue weighted by Crippen LogP contribution is 2.55. The fourth-order valence-corrected chi connectivity index (χ4v) is 9.11. The first-order chi connectivity index (χ1) is 25.3. The highest BCUT2D eigenvalue weighted by molar-refractivity contribution is 5.85. The summed E-state index contributed by atoms with van der Waals surface area (Å²) in [6, 6.07) is 28.7. The van der Waals surface area contributed by atoms with E-state index in [-0.39, 0.29) is 48.2 Å². The van der Waals surface area contributed by atoms with Crippen LogP contribution >= 0.6 is 12.4 Å². The van der Waals surface area contributed by atoms with Gasteiger partial charge in [0, 0.05) is 30.5 Å². The number of halogens is 7. The van der Waals surface area contributed by atoms with Crippen LogP contribution in [0.15, 0.2) is 97.1 Å². The molecule has 54 heavy (non-hydrogen) atoms. The number of rotatable bonds is 6. The third-order valence-electron chi connectivity index (χ3n) is 11.5. The second kappa shape index (κ2) is 16.1. The number of nitrogens with zero attached hydrogens (tertiary/aromatic N) is 1. The number of hydrogen-bond donors (Lipinski definition) is 4. The fourth-order valence-electron chi connectivity index (χ4n) is 9.11. The lowest BCUT2D eigenvalue weighted by atomic mass is 9.77. The van der Waals surface area contributed by atoms with Crippen molar-refractivity contribution in [3.8, 4) is 0 Å². The van der Waals surface area contributed by atoms with Gasteiger partial charge in [0.25, 0.3) is 0 Å². The van der Waals surface area contributed by atoms with Crippen LogP contribution < -0.4 is 16.0 Å². The van der Waals surface area contributed by atoms with E-state index in [9.17, 15) is 31.4 Å². The second-order valence-corrected chi connectivity index (χ2v) is 15.3. The molecule has 0 saturated heterocycles. The molecule has 4 aliphatic rings. The monoisotopic (exact) mass is 772 g/mol. The Morgan fingerprint density at radius 3 is 1.57 bits per heavy atom. The lowest BCUT2D eigenvalue weighted by Crippen LogP contribution is -2.33. The Kier molecular flexibility index (Phi) is 11.9. The van der Waals surface area contributed by atoms with Crippen LogP contribution in [0.4, 0.5) is 37.7 Å². The van der Waals surface area contributed by atoms with Crippen LogP contribution in [-0.4, -0.2) is 49.3 Å². The van der Waals surface area contributed by atoms with Crippen LogP contribution in [0, 0.1) is 11.8 Å². The van der Waals surface area contributed by atoms with Crippen molar-refractivity contribution in [1.29, 1.82) is 0 Å². The molecule has 5 nitrogen and oxygen atoms in total. The molecule has 8 atom stereocenters. The Bertz CT molecular complexity index is 1860. The van der Waals surface area contributed by atoms with Gasteiger partial charge in [-0.25, -0.2) is 0 Å². The van der Waals surface area contributed by atoms with Crippen molar-refractivity contribution in [2.45, 2.75) is 74.1 Å². The summed E-state index contributed by atoms with van der Waals surface area (Å²) in [6.07, 6.45) is -6.18. The molecule has 4 N–H and O–H groups in total. The molecule has 12 heteroatoms. The van der Waals surface area contributed by atoms with E-state index < -0.39 is 29.6 Å². The van der Waals surface area contributed by atoms with E-state index >= 15 is 0 Å². The maximum absolute atomic E-state index is 13.3. The summed E-state index contributed by atoms with van der Waals surface area (Å²) in [5.41, 5.74) is 4.19. The first-order valence-electron chi connectivity index (χ1n) is 18.4. The van der Waals surface area contributed by atoms with Gasteiger partial charge in [0.2, 0.25) is 0 Å². The summed E-state index contributed by atoms with van der Waals surface area (Å²) in [5.74, 6) is 0.433. The minimum absolute atomic E-state index is 0. The molecule has 2 aliphatic heterocycles. The second-order valence-electron chi connectivity index (χ2n) is 15.3. The van der Waals surface area contributed by atoms with E-state index in [0.717, 1.165) is 54.5 Å². The van der Waals surface area contributed by atoms with Crippen molar-refractivity contribution in [2.24, 2.45) is 11.8 Å². The topological polar surface area (TPSA) is 59.6 Å². The summed E-state index contributed by atoms with van der Waals surface area (Å²) in [7, 11) is 4.08. The Morgan fingerprint density at radius 1 is 0.648 bits per heavy atom. The van der Waals surface area contributed by atoms with Crippen molar-refractivity contribution in [2.75, 3.05) is 37.8 Å². The highest BCUT2D eigenvalue weighted by Gasteiger charge is 2.46. The van der Waals surface area contributed by atoms with Gasteiger partial charge in [-0.05, 0) is 122 Å². The smallest absolute Gasteiger partial charge is 0.393 e. The third-order valence-corrected chi connectivity index (χ3v) is 11.5. The molecule has 290 valence electrons. The molecular formula is C42H47ClF6N4O. The Morgan fingerprint density at radius 2 is 1.11 bits per heavy atom. The summed E-state index contributed by atoms with van der Waals surface area (Å²) in [4.78, 5) is 2.13. The molecule has 0 amide bonds. The van der Waals surface area contributed by atoms with Crippen molar-refractivity contribution in [1.82, 2.24) is 10.2 Å². The predicted octanol–water partition coefficient (Wildman–Crippen LogP) is 10.0. The Labute approximate surface area is 319 Å². The highest BCUT2D eigenvalue weighted by atomic mass is 35.5. The Hall–Kier alpha value is -3.77. The predicted molar refractivity (Wildman–Crippen MR) is 203 cm³/mol. The minimum atomic E-state index is -4.35. The van der Waals surface area contributed by atoms with Crippen LogP contribution in [0.2, 0.25) is 0 Å². The van der Waals surface area contributed by atoms with Gasteiger partial charge in [0.05, 0.1) is 29.3 Å². The van der Waals surface area contributed by atoms with Crippen LogP contribution in [0.1, 0.15) is 83.0 Å². The summed E-state index contributed by atoms with van der Waals surface area (Å²) in [5, 5.41) is 20.7. The maximum atomic E-state index is 13.3. The van der Waals surface area contributed by atoms with Crippen molar-refractivity contribution in [3.05, 3.63) is 130 Å². The zero-order valence-corrected chi connectivity index (χ0v) is 31.0. The fraction of sp³-hybridized carbons (Fsp3) is 0.429. The van der Waals surface area contributed by atoms with Gasteiger partial charge in [0.15, 0.2) is 0 Å². The zero-order valence-electron chi connectivity index (χ0n) is 30.2. The van der Waals surface area contributed by atoms with Gasteiger partial charge >= 0.3 is 12.4 Å². The number of fused-ring (bicyclic) bond motifs is 6. The van der Waals surface area contributed by atoms with Gasteiger partial charge in [-0.2, -0.15) is 26.3 Å². The van der Waals surface area contributed by atoms with Crippen LogP contribution in [0.5, 0.6) is 0 Å². The molecule has 0 bridgehead atoms. The molecular weight excluding hydrogens is 726 g/mol. The maximum Gasteiger partial charge on any atom is 0.416 e. The number of benzene rings is 4. The number of likely N-dealkylation sites (N-methyl/N-ethyl adjacent to an activating group) is 1. The van der Waals surface area contributed by atoms with E-state index in [1.165, 1.54) is 29.8 Å². The van der Waals surface area contributed by atoms with E-state index in [0.29, 0.717) is 24.4 Å². The van der Waals surface area contributed by atoms with Gasteiger partial charge < -0.3 is 26.0 Å². The van der Waals surface area contributed by atoms with E-state index in [1.807, 2.05) is 62.6 Å². The number of aliphatic hydroxyl groups is 1. The van der Waals surface area contributed by atoms with Crippen molar-refractivity contribution >= 4 is 23.8 Å². The summed E-state index contributed by atoms with van der Waals surface area (Å²) >= 11 is 0. The van der Waals surface area contributed by atoms with Crippen LogP contribution in [-0.2, 0) is 12.4 Å². The van der Waals surface area contributed by atoms with Crippen molar-refractivity contribution < 1.29 is 31.4 Å². The number of alkyl halides is 6. The number of nitrogens with one attached hydrogen (secondary N) is 3. The molecule has 8 rings (SSSR count). The van der Waals surface area contributed by atoms with Crippen LogP contribution in [0.25, 0.3) is 0 Å². The third kappa shape index (κ3) is 8.54. The largest absolute Gasteiger partial charge is 0.416 e. The molecule has 4 aromatic carbocycles. The molecule has 2 saturated carbocycles.